The fourth-order valence-corrected chi connectivity index (χ4v) is 4.28. The maximum Gasteiger partial charge on any atom is 0.184 e. The van der Waals surface area contributed by atoms with Gasteiger partial charge in [-0.25, -0.2) is 4.68 Å². The molecule has 2 aromatic carbocycles. The first-order valence-electron chi connectivity index (χ1n) is 6.70. The van der Waals surface area contributed by atoms with E-state index in [1.807, 2.05) is 42.5 Å². The molecule has 23 heavy (non-hydrogen) atoms. The fraction of sp³-hybridized carbons (Fsp3) is 0.0625. The minimum Gasteiger partial charge on any atom is -0.293 e. The number of halogens is 1. The van der Waals surface area contributed by atoms with Crippen molar-refractivity contribution in [3.8, 4) is 5.69 Å². The molecule has 7 heteroatoms. The van der Waals surface area contributed by atoms with Gasteiger partial charge in [-0.15, -0.1) is 5.10 Å². The van der Waals surface area contributed by atoms with E-state index >= 15 is 0 Å². The van der Waals surface area contributed by atoms with Gasteiger partial charge in [0.2, 0.25) is 0 Å². The first kappa shape index (κ1) is 16.4. The summed E-state index contributed by atoms with van der Waals surface area (Å²) in [6, 6.07) is 16.6. The van der Waals surface area contributed by atoms with Crippen molar-refractivity contribution in [2.75, 3.05) is 5.75 Å². The van der Waals surface area contributed by atoms with Crippen molar-refractivity contribution in [1.29, 1.82) is 0 Å². The predicted octanol–water partition coefficient (Wildman–Crippen LogP) is 5.29. The lowest BCUT2D eigenvalue weighted by Gasteiger charge is -2.00. The summed E-state index contributed by atoms with van der Waals surface area (Å²) in [5.41, 5.74) is 1.57. The van der Waals surface area contributed by atoms with Crippen LogP contribution in [0.4, 0.5) is 0 Å². The Morgan fingerprint density at radius 1 is 1.17 bits per heavy atom. The van der Waals surface area contributed by atoms with Crippen LogP contribution in [-0.2, 0) is 0 Å². The van der Waals surface area contributed by atoms with E-state index in [0.717, 1.165) is 10.0 Å². The predicted molar refractivity (Wildman–Crippen MR) is 98.8 cm³/mol. The van der Waals surface area contributed by atoms with Crippen molar-refractivity contribution in [3.05, 3.63) is 69.1 Å². The van der Waals surface area contributed by atoms with E-state index in [1.165, 1.54) is 23.1 Å². The minimum atomic E-state index is 0.0785. The number of nitrogens with zero attached hydrogens (tertiary/aromatic N) is 2. The molecule has 0 N–H and O–H groups in total. The Hall–Kier alpha value is -1.47. The molecule has 0 fully saturated rings. The second-order valence-corrected chi connectivity index (χ2v) is 7.88. The molecule has 0 aliphatic heterocycles. The number of thioether (sulfide) groups is 1. The number of Topliss-reactive ketones (excluding diaryl/α,β-unsaturated/α-hetero) is 1. The Labute approximate surface area is 151 Å². The van der Waals surface area contributed by atoms with E-state index in [0.29, 0.717) is 20.3 Å². The number of aromatic nitrogens is 2. The molecular weight excluding hydrogens is 368 g/mol. The number of hydrogen-bond donors (Lipinski definition) is 0. The lowest BCUT2D eigenvalue weighted by atomic mass is 10.2. The smallest absolute Gasteiger partial charge is 0.184 e. The van der Waals surface area contributed by atoms with Gasteiger partial charge in [0.15, 0.2) is 14.1 Å². The molecule has 0 saturated carbocycles. The highest BCUT2D eigenvalue weighted by atomic mass is 35.5. The average Bonchev–Trinajstić information content (AvgIpc) is 2.95. The molecule has 0 radical (unpaired) electrons. The first-order chi connectivity index (χ1) is 11.1. The molecule has 1 aromatic heterocycles. The number of ketones is 1. The van der Waals surface area contributed by atoms with Gasteiger partial charge in [0.25, 0.3) is 0 Å². The van der Waals surface area contributed by atoms with E-state index in [9.17, 15) is 4.79 Å². The summed E-state index contributed by atoms with van der Waals surface area (Å²) in [4.78, 5) is 12.1. The molecule has 3 rings (SSSR count). The Balaban J connectivity index is 1.73. The second-order valence-electron chi connectivity index (χ2n) is 4.60. The maximum atomic E-state index is 12.1. The van der Waals surface area contributed by atoms with Crippen LogP contribution >= 0.6 is 46.9 Å². The summed E-state index contributed by atoms with van der Waals surface area (Å²) < 4.78 is 3.10. The summed E-state index contributed by atoms with van der Waals surface area (Å²) in [7, 11) is 0. The maximum absolute atomic E-state index is 12.1. The third kappa shape index (κ3) is 4.09. The van der Waals surface area contributed by atoms with Crippen molar-refractivity contribution in [2.24, 2.45) is 0 Å². The fourth-order valence-electron chi connectivity index (χ4n) is 1.90. The van der Waals surface area contributed by atoms with Gasteiger partial charge in [0.1, 0.15) is 0 Å². The molecule has 0 aliphatic rings. The number of benzene rings is 2. The zero-order chi connectivity index (χ0) is 16.2. The van der Waals surface area contributed by atoms with Crippen molar-refractivity contribution in [3.63, 3.8) is 0 Å². The van der Waals surface area contributed by atoms with E-state index in [-0.39, 0.29) is 5.78 Å². The molecule has 3 aromatic rings. The SMILES string of the molecule is O=C(CSc1nn(-c2ccc(Cl)cc2)c(=S)s1)c1ccccc1. The molecule has 0 atom stereocenters. The zero-order valence-electron chi connectivity index (χ0n) is 11.8. The van der Waals surface area contributed by atoms with E-state index in [4.69, 9.17) is 23.8 Å². The molecule has 116 valence electrons. The molecule has 1 heterocycles. The van der Waals surface area contributed by atoms with Crippen LogP contribution in [0.3, 0.4) is 0 Å². The topological polar surface area (TPSA) is 34.9 Å². The molecular formula is C16H11ClN2OS3. The Morgan fingerprint density at radius 3 is 2.57 bits per heavy atom. The van der Waals surface area contributed by atoms with Crippen LogP contribution in [0.15, 0.2) is 58.9 Å². The van der Waals surface area contributed by atoms with Crippen LogP contribution in [0.25, 0.3) is 5.69 Å². The van der Waals surface area contributed by atoms with Gasteiger partial charge < -0.3 is 0 Å². The Kier molecular flexibility index (Phi) is 5.27. The average molecular weight is 379 g/mol. The van der Waals surface area contributed by atoms with Crippen molar-refractivity contribution >= 4 is 52.7 Å². The number of carbonyl (C=O) groups is 1. The van der Waals surface area contributed by atoms with Crippen LogP contribution in [0.5, 0.6) is 0 Å². The normalized spacial score (nSPS) is 10.7. The van der Waals surface area contributed by atoms with Gasteiger partial charge in [-0.05, 0) is 36.5 Å². The van der Waals surface area contributed by atoms with Gasteiger partial charge in [0.05, 0.1) is 11.4 Å². The summed E-state index contributed by atoms with van der Waals surface area (Å²) >= 11 is 14.0. The number of rotatable bonds is 5. The number of hydrogen-bond acceptors (Lipinski definition) is 5. The zero-order valence-corrected chi connectivity index (χ0v) is 15.0. The first-order valence-corrected chi connectivity index (χ1v) is 9.29. The molecule has 0 bridgehead atoms. The van der Waals surface area contributed by atoms with Crippen LogP contribution in [0.1, 0.15) is 10.4 Å². The third-order valence-electron chi connectivity index (χ3n) is 3.02. The minimum absolute atomic E-state index is 0.0785. The quantitative estimate of drug-likeness (QED) is 0.343. The van der Waals surface area contributed by atoms with Gasteiger partial charge in [-0.2, -0.15) is 0 Å². The third-order valence-corrected chi connectivity index (χ3v) is 5.64. The van der Waals surface area contributed by atoms with Crippen LogP contribution in [-0.4, -0.2) is 21.3 Å². The van der Waals surface area contributed by atoms with Crippen molar-refractivity contribution in [2.45, 2.75) is 4.34 Å². The van der Waals surface area contributed by atoms with Crippen LogP contribution in [0.2, 0.25) is 5.02 Å². The largest absolute Gasteiger partial charge is 0.293 e. The lowest BCUT2D eigenvalue weighted by Crippen LogP contribution is -2.02. The Bertz CT molecular complexity index is 872. The van der Waals surface area contributed by atoms with Crippen molar-refractivity contribution < 1.29 is 4.79 Å². The van der Waals surface area contributed by atoms with E-state index < -0.39 is 0 Å². The molecule has 0 unspecified atom stereocenters. The van der Waals surface area contributed by atoms with Gasteiger partial charge in [-0.3, -0.25) is 4.79 Å². The lowest BCUT2D eigenvalue weighted by molar-refractivity contribution is 0.102. The molecule has 3 nitrogen and oxygen atoms in total. The van der Waals surface area contributed by atoms with Gasteiger partial charge in [-0.1, -0.05) is 65.0 Å². The van der Waals surface area contributed by atoms with Crippen LogP contribution < -0.4 is 0 Å². The summed E-state index contributed by atoms with van der Waals surface area (Å²) in [5.74, 6) is 0.419. The number of carbonyl (C=O) groups excluding carboxylic acids is 1. The highest BCUT2D eigenvalue weighted by molar-refractivity contribution is 8.01. The van der Waals surface area contributed by atoms with Gasteiger partial charge in [0, 0.05) is 10.6 Å². The highest BCUT2D eigenvalue weighted by Crippen LogP contribution is 2.25. The van der Waals surface area contributed by atoms with Crippen molar-refractivity contribution in [1.82, 2.24) is 9.78 Å². The van der Waals surface area contributed by atoms with Crippen LogP contribution in [0, 0.1) is 3.95 Å². The summed E-state index contributed by atoms with van der Waals surface area (Å²) in [6.45, 7) is 0. The highest BCUT2D eigenvalue weighted by Gasteiger charge is 2.10. The second kappa shape index (κ2) is 7.40. The molecule has 0 saturated heterocycles. The van der Waals surface area contributed by atoms with E-state index in [2.05, 4.69) is 5.10 Å². The standard InChI is InChI=1S/C16H11ClN2OS3/c17-12-6-8-13(9-7-12)19-16(21)23-15(18-19)22-10-14(20)11-4-2-1-3-5-11/h1-9H,10H2. The van der Waals surface area contributed by atoms with Gasteiger partial charge >= 0.3 is 0 Å². The summed E-state index contributed by atoms with van der Waals surface area (Å²) in [6.07, 6.45) is 0. The Morgan fingerprint density at radius 2 is 1.87 bits per heavy atom. The molecule has 0 aliphatic carbocycles. The van der Waals surface area contributed by atoms with E-state index in [1.54, 1.807) is 16.8 Å². The monoisotopic (exact) mass is 378 g/mol. The summed E-state index contributed by atoms with van der Waals surface area (Å²) in [5, 5.41) is 5.14. The molecule has 0 spiro atoms. The molecule has 0 amide bonds.